The van der Waals surface area contributed by atoms with Gasteiger partial charge in [-0.15, -0.1) is 0 Å². The molecule has 1 heterocycles. The lowest BCUT2D eigenvalue weighted by atomic mass is 10.2. The summed E-state index contributed by atoms with van der Waals surface area (Å²) in [6, 6.07) is 11.8. The Kier molecular flexibility index (Phi) is 3.62. The zero-order chi connectivity index (χ0) is 15.9. The third-order valence-electron chi connectivity index (χ3n) is 3.22. The molecule has 0 radical (unpaired) electrons. The molecule has 0 unspecified atom stereocenters. The van der Waals surface area contributed by atoms with E-state index in [4.69, 9.17) is 0 Å². The second kappa shape index (κ2) is 5.33. The van der Waals surface area contributed by atoms with Crippen LogP contribution in [0.3, 0.4) is 0 Å². The van der Waals surface area contributed by atoms with Crippen LogP contribution in [-0.2, 0) is 9.84 Å². The fourth-order valence-corrected chi connectivity index (χ4v) is 4.16. The van der Waals surface area contributed by atoms with Gasteiger partial charge in [-0.05, 0) is 46.3 Å². The molecule has 0 aliphatic heterocycles. The van der Waals surface area contributed by atoms with Gasteiger partial charge >= 0.3 is 0 Å². The molecule has 112 valence electrons. The highest BCUT2D eigenvalue weighted by Crippen LogP contribution is 2.27. The molecular formula is C15H11BrN2O3S. The van der Waals surface area contributed by atoms with Crippen molar-refractivity contribution in [3.63, 3.8) is 0 Å². The van der Waals surface area contributed by atoms with E-state index in [0.29, 0.717) is 26.8 Å². The Bertz CT molecular complexity index is 1040. The van der Waals surface area contributed by atoms with E-state index >= 15 is 0 Å². The predicted octanol–water partition coefficient (Wildman–Crippen LogP) is 2.76. The number of fused-ring (bicyclic) bond motifs is 1. The van der Waals surface area contributed by atoms with Gasteiger partial charge in [0, 0.05) is 16.3 Å². The zero-order valence-corrected chi connectivity index (χ0v) is 13.9. The van der Waals surface area contributed by atoms with Crippen LogP contribution in [0.25, 0.3) is 22.3 Å². The number of H-pyrrole nitrogens is 1. The highest BCUT2D eigenvalue weighted by atomic mass is 79.9. The third kappa shape index (κ3) is 2.69. The number of hydrogen-bond acceptors (Lipinski definition) is 4. The summed E-state index contributed by atoms with van der Waals surface area (Å²) in [4.78, 5) is 19.4. The van der Waals surface area contributed by atoms with Crippen LogP contribution in [0.4, 0.5) is 0 Å². The summed E-state index contributed by atoms with van der Waals surface area (Å²) in [5, 5.41) is 0.512. The number of halogens is 1. The molecule has 0 spiro atoms. The first kappa shape index (κ1) is 14.9. The van der Waals surface area contributed by atoms with E-state index in [0.717, 1.165) is 6.26 Å². The van der Waals surface area contributed by atoms with Crippen LogP contribution in [0.1, 0.15) is 0 Å². The van der Waals surface area contributed by atoms with Crippen molar-refractivity contribution in [1.29, 1.82) is 0 Å². The van der Waals surface area contributed by atoms with Gasteiger partial charge in [-0.2, -0.15) is 0 Å². The lowest BCUT2D eigenvalue weighted by Crippen LogP contribution is -2.09. The van der Waals surface area contributed by atoms with Crippen molar-refractivity contribution in [2.75, 3.05) is 6.26 Å². The Morgan fingerprint density at radius 3 is 2.55 bits per heavy atom. The molecule has 0 bridgehead atoms. The van der Waals surface area contributed by atoms with Crippen molar-refractivity contribution in [2.45, 2.75) is 4.90 Å². The van der Waals surface area contributed by atoms with Crippen molar-refractivity contribution in [1.82, 2.24) is 9.97 Å². The summed E-state index contributed by atoms with van der Waals surface area (Å²) < 4.78 is 23.7. The minimum Gasteiger partial charge on any atom is -0.306 e. The van der Waals surface area contributed by atoms with E-state index in [1.807, 2.05) is 0 Å². The topological polar surface area (TPSA) is 79.9 Å². The average molecular weight is 379 g/mol. The van der Waals surface area contributed by atoms with Crippen LogP contribution >= 0.6 is 15.9 Å². The summed E-state index contributed by atoms with van der Waals surface area (Å²) in [5.41, 5.74) is 0.982. The van der Waals surface area contributed by atoms with Crippen LogP contribution in [-0.4, -0.2) is 24.6 Å². The number of nitrogens with one attached hydrogen (secondary N) is 1. The van der Waals surface area contributed by atoms with Gasteiger partial charge in [0.15, 0.2) is 9.84 Å². The molecule has 0 saturated carbocycles. The molecule has 0 atom stereocenters. The molecule has 22 heavy (non-hydrogen) atoms. The fourth-order valence-electron chi connectivity index (χ4n) is 2.17. The number of rotatable bonds is 2. The Balaban J connectivity index is 2.20. The second-order valence-corrected chi connectivity index (χ2v) is 7.69. The Hall–Kier alpha value is -1.99. The maximum absolute atomic E-state index is 12.1. The van der Waals surface area contributed by atoms with Crippen molar-refractivity contribution in [3.8, 4) is 11.4 Å². The molecule has 2 aromatic carbocycles. The normalized spacial score (nSPS) is 11.7. The van der Waals surface area contributed by atoms with Gasteiger partial charge in [0.1, 0.15) is 5.82 Å². The molecule has 3 aromatic rings. The van der Waals surface area contributed by atoms with Gasteiger partial charge in [-0.25, -0.2) is 13.4 Å². The molecule has 3 rings (SSSR count). The number of aromatic nitrogens is 2. The summed E-state index contributed by atoms with van der Waals surface area (Å²) in [6.45, 7) is 0. The minimum absolute atomic E-state index is 0.194. The average Bonchev–Trinajstić information content (AvgIpc) is 2.46. The van der Waals surface area contributed by atoms with E-state index in [9.17, 15) is 13.2 Å². The van der Waals surface area contributed by atoms with Crippen molar-refractivity contribution in [2.24, 2.45) is 0 Å². The van der Waals surface area contributed by atoms with E-state index in [1.165, 1.54) is 6.07 Å². The SMILES string of the molecule is CS(=O)(=O)c1ccc(-c2nc3ccccc3c(=O)[nH]2)cc1Br. The second-order valence-electron chi connectivity index (χ2n) is 4.85. The number of sulfone groups is 1. The number of aromatic amines is 1. The summed E-state index contributed by atoms with van der Waals surface area (Å²) >= 11 is 3.25. The highest BCUT2D eigenvalue weighted by molar-refractivity contribution is 9.10. The smallest absolute Gasteiger partial charge is 0.259 e. The van der Waals surface area contributed by atoms with Gasteiger partial charge in [0.05, 0.1) is 15.8 Å². The Morgan fingerprint density at radius 1 is 1.14 bits per heavy atom. The molecule has 0 fully saturated rings. The molecule has 7 heteroatoms. The Morgan fingerprint density at radius 2 is 1.86 bits per heavy atom. The lowest BCUT2D eigenvalue weighted by molar-refractivity contribution is 0.601. The highest BCUT2D eigenvalue weighted by Gasteiger charge is 2.14. The first-order chi connectivity index (χ1) is 10.4. The molecule has 0 aliphatic rings. The van der Waals surface area contributed by atoms with Crippen LogP contribution in [0.5, 0.6) is 0 Å². The summed E-state index contributed by atoms with van der Waals surface area (Å²) in [5.74, 6) is 0.393. The maximum atomic E-state index is 12.1. The van der Waals surface area contributed by atoms with Gasteiger partial charge in [0.2, 0.25) is 0 Å². The van der Waals surface area contributed by atoms with E-state index in [1.54, 1.807) is 36.4 Å². The zero-order valence-electron chi connectivity index (χ0n) is 11.5. The molecule has 1 N–H and O–H groups in total. The summed E-state index contributed by atoms with van der Waals surface area (Å²) in [6.07, 6.45) is 1.14. The van der Waals surface area contributed by atoms with Crippen LogP contribution in [0.15, 0.2) is 56.6 Å². The Labute approximate surface area is 135 Å². The van der Waals surface area contributed by atoms with Gasteiger partial charge in [-0.1, -0.05) is 12.1 Å². The van der Waals surface area contributed by atoms with Crippen LogP contribution in [0.2, 0.25) is 0 Å². The van der Waals surface area contributed by atoms with Gasteiger partial charge in [-0.3, -0.25) is 4.79 Å². The monoisotopic (exact) mass is 378 g/mol. The fraction of sp³-hybridized carbons (Fsp3) is 0.0667. The first-order valence-electron chi connectivity index (χ1n) is 6.35. The summed E-state index contributed by atoms with van der Waals surface area (Å²) in [7, 11) is -3.31. The molecule has 0 saturated heterocycles. The van der Waals surface area contributed by atoms with E-state index < -0.39 is 9.84 Å². The lowest BCUT2D eigenvalue weighted by Gasteiger charge is -2.06. The number of nitrogens with zero attached hydrogens (tertiary/aromatic N) is 1. The van der Waals surface area contributed by atoms with Gasteiger partial charge in [0.25, 0.3) is 5.56 Å². The number of benzene rings is 2. The van der Waals surface area contributed by atoms with Crippen molar-refractivity contribution >= 4 is 36.7 Å². The quantitative estimate of drug-likeness (QED) is 0.743. The molecule has 5 nitrogen and oxygen atoms in total. The van der Waals surface area contributed by atoms with Crippen LogP contribution < -0.4 is 5.56 Å². The van der Waals surface area contributed by atoms with Crippen molar-refractivity contribution < 1.29 is 8.42 Å². The first-order valence-corrected chi connectivity index (χ1v) is 9.04. The van der Waals surface area contributed by atoms with Crippen molar-refractivity contribution in [3.05, 3.63) is 57.3 Å². The van der Waals surface area contributed by atoms with Crippen LogP contribution in [0, 0.1) is 0 Å². The predicted molar refractivity (Wildman–Crippen MR) is 88.6 cm³/mol. The number of hydrogen-bond donors (Lipinski definition) is 1. The third-order valence-corrected chi connectivity index (χ3v) is 5.29. The number of para-hydroxylation sites is 1. The maximum Gasteiger partial charge on any atom is 0.259 e. The van der Waals surface area contributed by atoms with E-state index in [2.05, 4.69) is 25.9 Å². The van der Waals surface area contributed by atoms with E-state index in [-0.39, 0.29) is 10.5 Å². The molecule has 1 aromatic heterocycles. The largest absolute Gasteiger partial charge is 0.306 e. The standard InChI is InChI=1S/C15H11BrN2O3S/c1-22(20,21)13-7-6-9(8-11(13)16)14-17-12-5-3-2-4-10(12)15(19)18-14/h2-8H,1H3,(H,17,18,19). The molecular weight excluding hydrogens is 368 g/mol. The van der Waals surface area contributed by atoms with Gasteiger partial charge < -0.3 is 4.98 Å². The molecule has 0 amide bonds. The molecule has 0 aliphatic carbocycles. The minimum atomic E-state index is -3.31.